The first-order valence-corrected chi connectivity index (χ1v) is 10.7. The molecule has 4 aromatic carbocycles. The van der Waals surface area contributed by atoms with Crippen molar-refractivity contribution in [3.05, 3.63) is 78.7 Å². The van der Waals surface area contributed by atoms with Gasteiger partial charge < -0.3 is 13.7 Å². The molecule has 1 fully saturated rings. The van der Waals surface area contributed by atoms with Gasteiger partial charge in [-0.25, -0.2) is 0 Å². The third-order valence-electron chi connectivity index (χ3n) is 6.79. The Morgan fingerprint density at radius 2 is 1.50 bits per heavy atom. The fourth-order valence-electron chi connectivity index (χ4n) is 4.35. The van der Waals surface area contributed by atoms with E-state index in [9.17, 15) is 0 Å². The van der Waals surface area contributed by atoms with Gasteiger partial charge in [0.15, 0.2) is 0 Å². The molecule has 0 amide bonds. The van der Waals surface area contributed by atoms with Gasteiger partial charge in [0, 0.05) is 16.2 Å². The van der Waals surface area contributed by atoms with Crippen LogP contribution in [0.3, 0.4) is 0 Å². The van der Waals surface area contributed by atoms with Crippen LogP contribution in [-0.2, 0) is 9.31 Å². The van der Waals surface area contributed by atoms with Crippen molar-refractivity contribution < 1.29 is 20.6 Å². The molecule has 1 aliphatic heterocycles. The lowest BCUT2D eigenvalue weighted by Crippen LogP contribution is -2.41. The molecule has 0 aliphatic carbocycles. The Kier molecular flexibility index (Phi) is 3.12. The molecule has 0 saturated carbocycles. The summed E-state index contributed by atoms with van der Waals surface area (Å²) >= 11 is 0. The minimum Gasteiger partial charge on any atom is -0.455 e. The summed E-state index contributed by atoms with van der Waals surface area (Å²) in [7, 11) is -0.599. The Hall–Kier alpha value is -3.08. The number of hydrogen-bond donors (Lipinski definition) is 0. The summed E-state index contributed by atoms with van der Waals surface area (Å²) in [4.78, 5) is 0. The van der Waals surface area contributed by atoms with E-state index in [2.05, 4.69) is 6.07 Å². The molecule has 6 rings (SSSR count). The van der Waals surface area contributed by atoms with E-state index in [1.807, 2.05) is 58.0 Å². The van der Waals surface area contributed by atoms with Crippen molar-refractivity contribution in [1.82, 2.24) is 0 Å². The monoisotopic (exact) mass is 425 g/mol. The molecule has 32 heavy (non-hydrogen) atoms. The third-order valence-corrected chi connectivity index (χ3v) is 6.79. The van der Waals surface area contributed by atoms with Crippen LogP contribution in [0.2, 0.25) is 0 Å². The largest absolute Gasteiger partial charge is 0.495 e. The van der Waals surface area contributed by atoms with E-state index in [-0.39, 0.29) is 29.7 Å². The van der Waals surface area contributed by atoms with Crippen molar-refractivity contribution in [2.75, 3.05) is 0 Å². The van der Waals surface area contributed by atoms with Gasteiger partial charge in [0.1, 0.15) is 11.2 Å². The second-order valence-electron chi connectivity index (χ2n) is 9.29. The highest BCUT2D eigenvalue weighted by Gasteiger charge is 2.52. The molecule has 0 spiro atoms. The molecule has 158 valence electrons. The summed E-state index contributed by atoms with van der Waals surface area (Å²) in [5.41, 5.74) is 1.72. The summed E-state index contributed by atoms with van der Waals surface area (Å²) in [6.07, 6.45) is 0. The van der Waals surface area contributed by atoms with Crippen LogP contribution >= 0.6 is 0 Å². The first kappa shape index (κ1) is 14.9. The van der Waals surface area contributed by atoms with Crippen molar-refractivity contribution >= 4 is 45.3 Å². The molecule has 1 aliphatic rings. The van der Waals surface area contributed by atoms with E-state index in [4.69, 9.17) is 20.6 Å². The predicted octanol–water partition coefficient (Wildman–Crippen LogP) is 6.71. The Balaban J connectivity index is 1.64. The summed E-state index contributed by atoms with van der Waals surface area (Å²) < 4.78 is 60.0. The minimum absolute atomic E-state index is 0.143. The molecular formula is C28H25BO3. The standard InChI is InChI=1S/C28H25BO3/c1-27(2)28(3,4)32-29(31-27)23-16-20-12-8-9-13-21(20)26-25(23)22-15-14-19(17-24(22)30-26)18-10-6-5-7-11-18/h5-17H,1-4H3/i5D,6D,7D,10D,11D. The van der Waals surface area contributed by atoms with Crippen LogP contribution in [0.4, 0.5) is 0 Å². The van der Waals surface area contributed by atoms with Gasteiger partial charge in [0.25, 0.3) is 0 Å². The van der Waals surface area contributed by atoms with Gasteiger partial charge in [0.05, 0.1) is 18.1 Å². The first-order valence-electron chi connectivity index (χ1n) is 13.2. The fraction of sp³-hybridized carbons (Fsp3) is 0.214. The molecule has 0 radical (unpaired) electrons. The summed E-state index contributed by atoms with van der Waals surface area (Å²) in [6.45, 7) is 8.08. The fourth-order valence-corrected chi connectivity index (χ4v) is 4.35. The molecule has 3 nitrogen and oxygen atoms in total. The molecule has 0 bridgehead atoms. The molecule has 2 heterocycles. The summed E-state index contributed by atoms with van der Waals surface area (Å²) in [5.74, 6) is 0. The zero-order valence-corrected chi connectivity index (χ0v) is 18.4. The number of furan rings is 1. The molecule has 5 aromatic rings. The Morgan fingerprint density at radius 3 is 2.25 bits per heavy atom. The number of hydrogen-bond acceptors (Lipinski definition) is 3. The van der Waals surface area contributed by atoms with E-state index < -0.39 is 24.4 Å². The van der Waals surface area contributed by atoms with Crippen LogP contribution in [-0.4, -0.2) is 18.3 Å². The van der Waals surface area contributed by atoms with Crippen molar-refractivity contribution in [3.63, 3.8) is 0 Å². The Bertz CT molecular complexity index is 1710. The van der Waals surface area contributed by atoms with Crippen molar-refractivity contribution in [2.45, 2.75) is 38.9 Å². The average Bonchev–Trinajstić information content (AvgIpc) is 3.34. The van der Waals surface area contributed by atoms with Crippen LogP contribution in [0.25, 0.3) is 43.8 Å². The van der Waals surface area contributed by atoms with Gasteiger partial charge in [-0.15, -0.1) is 0 Å². The number of fused-ring (bicyclic) bond motifs is 5. The normalized spacial score (nSPS) is 19.8. The van der Waals surface area contributed by atoms with Crippen molar-refractivity contribution in [3.8, 4) is 11.1 Å². The van der Waals surface area contributed by atoms with Crippen LogP contribution in [0, 0.1) is 0 Å². The minimum atomic E-state index is -0.599. The molecule has 4 heteroatoms. The Morgan fingerprint density at radius 1 is 0.781 bits per heavy atom. The van der Waals surface area contributed by atoms with Gasteiger partial charge in [0.2, 0.25) is 0 Å². The van der Waals surface area contributed by atoms with Crippen LogP contribution in [0.15, 0.2) is 83.2 Å². The highest BCUT2D eigenvalue weighted by Crippen LogP contribution is 2.40. The lowest BCUT2D eigenvalue weighted by Gasteiger charge is -2.32. The van der Waals surface area contributed by atoms with E-state index in [1.54, 1.807) is 12.1 Å². The van der Waals surface area contributed by atoms with Crippen molar-refractivity contribution in [1.29, 1.82) is 0 Å². The van der Waals surface area contributed by atoms with Gasteiger partial charge in [-0.1, -0.05) is 66.6 Å². The van der Waals surface area contributed by atoms with Gasteiger partial charge in [-0.2, -0.15) is 0 Å². The van der Waals surface area contributed by atoms with Gasteiger partial charge in [-0.3, -0.25) is 0 Å². The highest BCUT2D eigenvalue weighted by atomic mass is 16.7. The average molecular weight is 425 g/mol. The molecular weight excluding hydrogens is 395 g/mol. The molecule has 1 aromatic heterocycles. The zero-order chi connectivity index (χ0) is 26.4. The third kappa shape index (κ3) is 2.83. The quantitative estimate of drug-likeness (QED) is 0.295. The SMILES string of the molecule is [2H]c1c([2H])c([2H])c(-c2ccc3c(c2)oc2c4ccccc4cc(B4OC(C)(C)C(C)(C)O4)c32)c([2H])c1[2H]. The van der Waals surface area contributed by atoms with E-state index in [1.165, 1.54) is 0 Å². The highest BCUT2D eigenvalue weighted by molar-refractivity contribution is 6.66. The van der Waals surface area contributed by atoms with Crippen LogP contribution in [0.1, 0.15) is 34.5 Å². The lowest BCUT2D eigenvalue weighted by atomic mass is 9.75. The maximum atomic E-state index is 8.38. The second-order valence-corrected chi connectivity index (χ2v) is 9.29. The molecule has 0 unspecified atom stereocenters. The first-order chi connectivity index (χ1) is 17.4. The summed E-state index contributed by atoms with van der Waals surface area (Å²) in [5, 5.41) is 3.64. The smallest absolute Gasteiger partial charge is 0.455 e. The lowest BCUT2D eigenvalue weighted by molar-refractivity contribution is 0.00578. The second kappa shape index (κ2) is 6.71. The van der Waals surface area contributed by atoms with Crippen molar-refractivity contribution in [2.24, 2.45) is 0 Å². The van der Waals surface area contributed by atoms with E-state index in [0.717, 1.165) is 27.0 Å². The maximum absolute atomic E-state index is 8.38. The molecule has 1 saturated heterocycles. The number of rotatable bonds is 2. The van der Waals surface area contributed by atoms with Gasteiger partial charge >= 0.3 is 7.12 Å². The van der Waals surface area contributed by atoms with Gasteiger partial charge in [-0.05, 0) is 61.8 Å². The van der Waals surface area contributed by atoms with Crippen LogP contribution < -0.4 is 5.46 Å². The zero-order valence-electron chi connectivity index (χ0n) is 23.4. The van der Waals surface area contributed by atoms with E-state index >= 15 is 0 Å². The molecule has 0 atom stereocenters. The van der Waals surface area contributed by atoms with E-state index in [0.29, 0.717) is 16.7 Å². The Labute approximate surface area is 195 Å². The number of benzene rings is 4. The predicted molar refractivity (Wildman–Crippen MR) is 132 cm³/mol. The van der Waals surface area contributed by atoms with Crippen LogP contribution in [0.5, 0.6) is 0 Å². The maximum Gasteiger partial charge on any atom is 0.495 e. The molecule has 0 N–H and O–H groups in total. The summed E-state index contributed by atoms with van der Waals surface area (Å²) in [6, 6.07) is 13.8. The topological polar surface area (TPSA) is 31.6 Å².